The lowest BCUT2D eigenvalue weighted by Crippen LogP contribution is -2.35. The molecule has 0 spiro atoms. The van der Waals surface area contributed by atoms with Gasteiger partial charge in [-0.3, -0.25) is 0 Å². The summed E-state index contributed by atoms with van der Waals surface area (Å²) in [5, 5.41) is 3.53. The smallest absolute Gasteiger partial charge is 0.113 e. The summed E-state index contributed by atoms with van der Waals surface area (Å²) in [6.45, 7) is 8.74. The maximum atomic E-state index is 4.94. The molecular weight excluding hydrogens is 234 g/mol. The largest absolute Gasteiger partial charge is 0.328 e. The molecule has 2 aromatic rings. The van der Waals surface area contributed by atoms with Gasteiger partial charge in [0.15, 0.2) is 0 Å². The molecule has 3 nitrogen and oxygen atoms in total. The van der Waals surface area contributed by atoms with Gasteiger partial charge in [0, 0.05) is 18.5 Å². The fourth-order valence-electron chi connectivity index (χ4n) is 3.27. The molecule has 1 aromatic heterocycles. The molecule has 2 unspecified atom stereocenters. The number of rotatable bonds is 2. The van der Waals surface area contributed by atoms with Crippen LogP contribution in [0.25, 0.3) is 11.0 Å². The van der Waals surface area contributed by atoms with Crippen LogP contribution in [-0.4, -0.2) is 22.1 Å². The number of hydrogen-bond acceptors (Lipinski definition) is 2. The number of benzene rings is 1. The van der Waals surface area contributed by atoms with E-state index in [0.29, 0.717) is 12.0 Å². The Labute approximate surface area is 115 Å². The summed E-state index contributed by atoms with van der Waals surface area (Å²) in [5.41, 5.74) is 3.73. The minimum atomic E-state index is 0.601. The van der Waals surface area contributed by atoms with Crippen LogP contribution in [0.4, 0.5) is 0 Å². The Bertz CT molecular complexity index is 585. The average molecular weight is 257 g/mol. The average Bonchev–Trinajstić information content (AvgIpc) is 2.76. The van der Waals surface area contributed by atoms with Crippen molar-refractivity contribution < 1.29 is 0 Å². The highest BCUT2D eigenvalue weighted by Crippen LogP contribution is 2.30. The second kappa shape index (κ2) is 4.97. The number of nitrogens with one attached hydrogen (secondary N) is 1. The number of piperidine rings is 1. The third-order valence-corrected chi connectivity index (χ3v) is 4.24. The second-order valence-corrected chi connectivity index (χ2v) is 5.78. The minimum Gasteiger partial charge on any atom is -0.328 e. The van der Waals surface area contributed by atoms with Gasteiger partial charge >= 0.3 is 0 Å². The van der Waals surface area contributed by atoms with Crippen LogP contribution in [-0.2, 0) is 6.54 Å². The Hall–Kier alpha value is -1.35. The van der Waals surface area contributed by atoms with Crippen LogP contribution in [0.3, 0.4) is 0 Å². The summed E-state index contributed by atoms with van der Waals surface area (Å²) in [5.74, 6) is 1.89. The highest BCUT2D eigenvalue weighted by Gasteiger charge is 2.24. The molecule has 0 bridgehead atoms. The maximum absolute atomic E-state index is 4.94. The van der Waals surface area contributed by atoms with Crippen molar-refractivity contribution in [1.82, 2.24) is 14.9 Å². The molecule has 0 saturated carbocycles. The fourth-order valence-corrected chi connectivity index (χ4v) is 3.27. The van der Waals surface area contributed by atoms with Crippen molar-refractivity contribution in [3.63, 3.8) is 0 Å². The van der Waals surface area contributed by atoms with Gasteiger partial charge in [-0.05, 0) is 57.9 Å². The summed E-state index contributed by atoms with van der Waals surface area (Å²) in [6.07, 6.45) is 2.40. The van der Waals surface area contributed by atoms with Crippen LogP contribution in [0.5, 0.6) is 0 Å². The van der Waals surface area contributed by atoms with E-state index in [0.717, 1.165) is 18.6 Å². The van der Waals surface area contributed by atoms with Crippen molar-refractivity contribution in [2.75, 3.05) is 6.54 Å². The van der Waals surface area contributed by atoms with E-state index >= 15 is 0 Å². The zero-order valence-corrected chi connectivity index (χ0v) is 12.1. The first-order valence-electron chi connectivity index (χ1n) is 7.39. The van der Waals surface area contributed by atoms with Gasteiger partial charge in [0.1, 0.15) is 5.82 Å². The van der Waals surface area contributed by atoms with E-state index in [2.05, 4.69) is 48.9 Å². The Morgan fingerprint density at radius 1 is 1.42 bits per heavy atom. The van der Waals surface area contributed by atoms with Crippen molar-refractivity contribution in [3.05, 3.63) is 29.6 Å². The lowest BCUT2D eigenvalue weighted by molar-refractivity contribution is 0.365. The molecule has 2 heterocycles. The first-order valence-corrected chi connectivity index (χ1v) is 7.39. The number of aromatic nitrogens is 2. The van der Waals surface area contributed by atoms with Crippen LogP contribution in [0, 0.1) is 6.92 Å². The lowest BCUT2D eigenvalue weighted by Gasteiger charge is -2.27. The molecule has 3 heteroatoms. The lowest BCUT2D eigenvalue weighted by atomic mass is 9.92. The predicted molar refractivity (Wildman–Crippen MR) is 79.6 cm³/mol. The summed E-state index contributed by atoms with van der Waals surface area (Å²) < 4.78 is 2.40. The molecule has 1 saturated heterocycles. The van der Waals surface area contributed by atoms with Crippen LogP contribution in [0.1, 0.15) is 44.0 Å². The van der Waals surface area contributed by atoms with E-state index in [1.54, 1.807) is 0 Å². The third-order valence-electron chi connectivity index (χ3n) is 4.24. The number of aryl methyl sites for hydroxylation is 2. The first kappa shape index (κ1) is 12.7. The van der Waals surface area contributed by atoms with Crippen LogP contribution in [0.2, 0.25) is 0 Å². The quantitative estimate of drug-likeness (QED) is 0.895. The number of hydrogen-bond donors (Lipinski definition) is 1. The van der Waals surface area contributed by atoms with Gasteiger partial charge < -0.3 is 9.88 Å². The van der Waals surface area contributed by atoms with Gasteiger partial charge in [0.25, 0.3) is 0 Å². The van der Waals surface area contributed by atoms with Gasteiger partial charge in [0.2, 0.25) is 0 Å². The van der Waals surface area contributed by atoms with Gasteiger partial charge in [-0.1, -0.05) is 6.07 Å². The van der Waals surface area contributed by atoms with Gasteiger partial charge in [-0.25, -0.2) is 4.98 Å². The van der Waals surface area contributed by atoms with Crippen LogP contribution in [0.15, 0.2) is 18.2 Å². The van der Waals surface area contributed by atoms with Gasteiger partial charge in [-0.15, -0.1) is 0 Å². The Morgan fingerprint density at radius 2 is 2.26 bits per heavy atom. The molecule has 1 aliphatic rings. The summed E-state index contributed by atoms with van der Waals surface area (Å²) in [7, 11) is 0. The Morgan fingerprint density at radius 3 is 3.00 bits per heavy atom. The number of nitrogens with zero attached hydrogens (tertiary/aromatic N) is 2. The Kier molecular flexibility index (Phi) is 3.31. The van der Waals surface area contributed by atoms with E-state index in [9.17, 15) is 0 Å². The van der Waals surface area contributed by atoms with Crippen molar-refractivity contribution >= 4 is 11.0 Å². The minimum absolute atomic E-state index is 0.601. The Balaban J connectivity index is 2.06. The maximum Gasteiger partial charge on any atom is 0.113 e. The summed E-state index contributed by atoms with van der Waals surface area (Å²) in [6, 6.07) is 7.21. The highest BCUT2D eigenvalue weighted by atomic mass is 15.1. The van der Waals surface area contributed by atoms with Crippen molar-refractivity contribution in [2.45, 2.75) is 52.1 Å². The highest BCUT2D eigenvalue weighted by molar-refractivity contribution is 5.77. The third kappa shape index (κ3) is 2.27. The van der Waals surface area contributed by atoms with Crippen LogP contribution >= 0.6 is 0 Å². The number of fused-ring (bicyclic) bond motifs is 1. The molecule has 0 radical (unpaired) electrons. The molecule has 3 rings (SSSR count). The molecule has 0 aliphatic carbocycles. The van der Waals surface area contributed by atoms with Crippen molar-refractivity contribution in [2.24, 2.45) is 0 Å². The first-order chi connectivity index (χ1) is 9.19. The monoisotopic (exact) mass is 257 g/mol. The van der Waals surface area contributed by atoms with E-state index in [4.69, 9.17) is 4.98 Å². The molecule has 1 aromatic carbocycles. The van der Waals surface area contributed by atoms with Gasteiger partial charge in [0.05, 0.1) is 11.0 Å². The second-order valence-electron chi connectivity index (χ2n) is 5.78. The molecular formula is C16H23N3. The van der Waals surface area contributed by atoms with Gasteiger partial charge in [-0.2, -0.15) is 0 Å². The fraction of sp³-hybridized carbons (Fsp3) is 0.562. The summed E-state index contributed by atoms with van der Waals surface area (Å²) in [4.78, 5) is 4.94. The van der Waals surface area contributed by atoms with E-state index < -0.39 is 0 Å². The van der Waals surface area contributed by atoms with E-state index in [1.807, 2.05) is 0 Å². The molecule has 1 N–H and O–H groups in total. The van der Waals surface area contributed by atoms with E-state index in [-0.39, 0.29) is 0 Å². The number of imidazole rings is 1. The topological polar surface area (TPSA) is 29.9 Å². The predicted octanol–water partition coefficient (Wildman–Crippen LogP) is 3.22. The normalized spacial score (nSPS) is 23.9. The zero-order valence-electron chi connectivity index (χ0n) is 12.1. The van der Waals surface area contributed by atoms with Crippen molar-refractivity contribution in [3.8, 4) is 0 Å². The molecule has 1 fully saturated rings. The van der Waals surface area contributed by atoms with Crippen molar-refractivity contribution in [1.29, 1.82) is 0 Å². The molecule has 19 heavy (non-hydrogen) atoms. The van der Waals surface area contributed by atoms with Crippen LogP contribution < -0.4 is 5.32 Å². The van der Waals surface area contributed by atoms with E-state index in [1.165, 1.54) is 29.7 Å². The SMILES string of the molecule is CCn1c(C2CCNC(C)C2)nc2cc(C)ccc21. The molecule has 1 aliphatic heterocycles. The summed E-state index contributed by atoms with van der Waals surface area (Å²) >= 11 is 0. The molecule has 2 atom stereocenters. The molecule has 0 amide bonds. The molecule has 102 valence electrons. The standard InChI is InChI=1S/C16H23N3/c1-4-19-15-6-5-11(2)9-14(15)18-16(19)13-7-8-17-12(3)10-13/h5-6,9,12-13,17H,4,7-8,10H2,1-3H3. The zero-order chi connectivity index (χ0) is 13.4.